The van der Waals surface area contributed by atoms with Gasteiger partial charge in [-0.2, -0.15) is 23.1 Å². The number of methoxy groups -OCH3 is 1. The van der Waals surface area contributed by atoms with Gasteiger partial charge in [-0.05, 0) is 38.1 Å². The molecule has 3 saturated heterocycles. The van der Waals surface area contributed by atoms with Crippen molar-refractivity contribution >= 4 is 28.6 Å². The van der Waals surface area contributed by atoms with E-state index >= 15 is 0 Å². The summed E-state index contributed by atoms with van der Waals surface area (Å²) in [4.78, 5) is 31.3. The van der Waals surface area contributed by atoms with Crippen molar-refractivity contribution in [3.05, 3.63) is 35.5 Å². The van der Waals surface area contributed by atoms with E-state index in [2.05, 4.69) is 37.1 Å². The zero-order chi connectivity index (χ0) is 30.1. The number of carbonyl (C=O) groups is 1. The highest BCUT2D eigenvalue weighted by atomic mass is 19.4. The number of anilines is 2. The third-order valence-corrected chi connectivity index (χ3v) is 8.47. The molecule has 2 aromatic heterocycles. The van der Waals surface area contributed by atoms with Crippen LogP contribution in [0.25, 0.3) is 11.0 Å². The van der Waals surface area contributed by atoms with Gasteiger partial charge in [-0.15, -0.1) is 0 Å². The van der Waals surface area contributed by atoms with Crippen LogP contribution in [0.4, 0.5) is 24.8 Å². The third kappa shape index (κ3) is 6.36. The maximum atomic E-state index is 13.7. The van der Waals surface area contributed by atoms with Gasteiger partial charge in [0.25, 0.3) is 5.91 Å². The SMILES string of the molecule is COc1cc(C(=O)N2CCC(N3CCN(C)CC3)CC2)ccc1Nc1nc(OC2CCOC2)c2c(C(F)(F)F)c[nH]c2n1. The van der Waals surface area contributed by atoms with E-state index in [4.69, 9.17) is 14.2 Å². The maximum absolute atomic E-state index is 13.7. The zero-order valence-electron chi connectivity index (χ0n) is 24.2. The predicted octanol–water partition coefficient (Wildman–Crippen LogP) is 3.75. The minimum absolute atomic E-state index is 0.0142. The topological polar surface area (TPSA) is 108 Å². The summed E-state index contributed by atoms with van der Waals surface area (Å²) in [5.41, 5.74) is 0.00615. The van der Waals surface area contributed by atoms with Gasteiger partial charge in [-0.25, -0.2) is 0 Å². The summed E-state index contributed by atoms with van der Waals surface area (Å²) in [6.07, 6.45) is -1.76. The number of aromatic nitrogens is 3. The van der Waals surface area contributed by atoms with Crippen molar-refractivity contribution in [1.82, 2.24) is 29.7 Å². The molecule has 232 valence electrons. The van der Waals surface area contributed by atoms with E-state index in [1.165, 1.54) is 7.11 Å². The van der Waals surface area contributed by atoms with Crippen LogP contribution in [0.1, 0.15) is 35.2 Å². The number of nitrogens with one attached hydrogen (secondary N) is 2. The van der Waals surface area contributed by atoms with Gasteiger partial charge in [0.1, 0.15) is 17.5 Å². The van der Waals surface area contributed by atoms with Gasteiger partial charge in [0.05, 0.1) is 37.0 Å². The summed E-state index contributed by atoms with van der Waals surface area (Å²) < 4.78 is 57.9. The number of benzene rings is 1. The Morgan fingerprint density at radius 2 is 1.86 bits per heavy atom. The number of likely N-dealkylation sites (N-methyl/N-ethyl adjacent to an activating group) is 1. The average Bonchev–Trinajstić information content (AvgIpc) is 3.68. The van der Waals surface area contributed by atoms with Crippen LogP contribution in [0, 0.1) is 0 Å². The number of carbonyl (C=O) groups excluding carboxylic acids is 1. The highest BCUT2D eigenvalue weighted by Crippen LogP contribution is 2.39. The molecule has 14 heteroatoms. The van der Waals surface area contributed by atoms with Crippen LogP contribution in [0.15, 0.2) is 24.4 Å². The van der Waals surface area contributed by atoms with Gasteiger partial charge in [-0.3, -0.25) is 9.69 Å². The Morgan fingerprint density at radius 3 is 2.53 bits per heavy atom. The number of fused-ring (bicyclic) bond motifs is 1. The minimum Gasteiger partial charge on any atom is -0.495 e. The molecule has 11 nitrogen and oxygen atoms in total. The number of aromatic amines is 1. The lowest BCUT2D eigenvalue weighted by Crippen LogP contribution is -2.52. The first kappa shape index (κ1) is 29.5. The number of likely N-dealkylation sites (tertiary alicyclic amines) is 1. The number of piperidine rings is 1. The Kier molecular flexibility index (Phi) is 8.34. The van der Waals surface area contributed by atoms with Crippen LogP contribution >= 0.6 is 0 Å². The van der Waals surface area contributed by atoms with Crippen LogP contribution in [-0.2, 0) is 10.9 Å². The smallest absolute Gasteiger partial charge is 0.418 e. The molecule has 0 saturated carbocycles. The lowest BCUT2D eigenvalue weighted by Gasteiger charge is -2.42. The lowest BCUT2D eigenvalue weighted by atomic mass is 10.0. The molecule has 1 unspecified atom stereocenters. The summed E-state index contributed by atoms with van der Waals surface area (Å²) in [7, 11) is 3.63. The second kappa shape index (κ2) is 12.2. The van der Waals surface area contributed by atoms with E-state index in [1.54, 1.807) is 18.2 Å². The molecule has 0 radical (unpaired) electrons. The normalized spacial score (nSPS) is 21.0. The Hall–Kier alpha value is -3.62. The number of hydrogen-bond acceptors (Lipinski definition) is 9. The second-order valence-corrected chi connectivity index (χ2v) is 11.3. The molecule has 0 bridgehead atoms. The molecule has 3 fully saturated rings. The summed E-state index contributed by atoms with van der Waals surface area (Å²) in [5, 5.41) is 2.78. The van der Waals surface area contributed by atoms with E-state index in [9.17, 15) is 18.0 Å². The molecule has 43 heavy (non-hydrogen) atoms. The van der Waals surface area contributed by atoms with Crippen molar-refractivity contribution in [2.75, 3.05) is 72.0 Å². The fourth-order valence-corrected chi connectivity index (χ4v) is 5.98. The fourth-order valence-electron chi connectivity index (χ4n) is 5.98. The molecule has 1 aromatic carbocycles. The Balaban J connectivity index is 1.18. The summed E-state index contributed by atoms with van der Waals surface area (Å²) in [6, 6.07) is 5.53. The van der Waals surface area contributed by atoms with Crippen LogP contribution in [-0.4, -0.2) is 114 Å². The van der Waals surface area contributed by atoms with Gasteiger partial charge in [0, 0.05) is 63.5 Å². The zero-order valence-corrected chi connectivity index (χ0v) is 24.2. The molecule has 0 aliphatic carbocycles. The molecule has 2 N–H and O–H groups in total. The molecule has 0 spiro atoms. The Morgan fingerprint density at radius 1 is 1.09 bits per heavy atom. The predicted molar refractivity (Wildman–Crippen MR) is 153 cm³/mol. The highest BCUT2D eigenvalue weighted by molar-refractivity contribution is 5.95. The number of ether oxygens (including phenoxy) is 3. The Bertz CT molecular complexity index is 1440. The van der Waals surface area contributed by atoms with Gasteiger partial charge < -0.3 is 34.3 Å². The van der Waals surface area contributed by atoms with Crippen molar-refractivity contribution in [3.63, 3.8) is 0 Å². The fraction of sp³-hybridized carbons (Fsp3) is 0.552. The summed E-state index contributed by atoms with van der Waals surface area (Å²) in [5.74, 6) is 0.124. The average molecular weight is 604 g/mol. The first-order valence-electron chi connectivity index (χ1n) is 14.6. The molecule has 5 heterocycles. The van der Waals surface area contributed by atoms with Gasteiger partial charge in [0.2, 0.25) is 11.8 Å². The van der Waals surface area contributed by atoms with Crippen LogP contribution in [0.2, 0.25) is 0 Å². The van der Waals surface area contributed by atoms with Crippen molar-refractivity contribution in [2.24, 2.45) is 0 Å². The van der Waals surface area contributed by atoms with E-state index in [1.807, 2.05) is 4.90 Å². The number of halogens is 3. The maximum Gasteiger partial charge on any atom is 0.418 e. The number of hydrogen-bond donors (Lipinski definition) is 2. The van der Waals surface area contributed by atoms with E-state index < -0.39 is 17.8 Å². The first-order valence-corrected chi connectivity index (χ1v) is 14.6. The molecule has 6 rings (SSSR count). The molecule has 3 aliphatic heterocycles. The van der Waals surface area contributed by atoms with Crippen LogP contribution in [0.3, 0.4) is 0 Å². The molecular formula is C29H36F3N7O4. The van der Waals surface area contributed by atoms with Crippen molar-refractivity contribution in [1.29, 1.82) is 0 Å². The van der Waals surface area contributed by atoms with Crippen molar-refractivity contribution in [2.45, 2.75) is 37.6 Å². The van der Waals surface area contributed by atoms with Gasteiger partial charge in [0.15, 0.2) is 0 Å². The second-order valence-electron chi connectivity index (χ2n) is 11.3. The number of nitrogens with zero attached hydrogens (tertiary/aromatic N) is 5. The minimum atomic E-state index is -4.62. The largest absolute Gasteiger partial charge is 0.495 e. The van der Waals surface area contributed by atoms with E-state index in [0.717, 1.165) is 45.2 Å². The number of alkyl halides is 3. The first-order chi connectivity index (χ1) is 20.7. The van der Waals surface area contributed by atoms with Gasteiger partial charge >= 0.3 is 6.18 Å². The number of H-pyrrole nitrogens is 1. The molecule has 1 amide bonds. The standard InChI is InChI=1S/C29H36F3N7O4/c1-37-10-12-38(13-11-37)19-5-8-39(9-6-19)27(40)18-3-4-22(23(15-18)41-2)34-28-35-25-24(21(16-33-25)29(30,31)32)26(36-28)43-20-7-14-42-17-20/h3-4,15-16,19-20H,5-14,17H2,1-2H3,(H2,33,34,35,36). The highest BCUT2D eigenvalue weighted by Gasteiger charge is 2.37. The number of piperazine rings is 1. The molecule has 3 aliphatic rings. The Labute approximate surface area is 247 Å². The molecule has 3 aromatic rings. The molecule has 1 atom stereocenters. The van der Waals surface area contributed by atoms with Crippen LogP contribution in [0.5, 0.6) is 11.6 Å². The van der Waals surface area contributed by atoms with Crippen molar-refractivity contribution in [3.8, 4) is 11.6 Å². The monoisotopic (exact) mass is 603 g/mol. The summed E-state index contributed by atoms with van der Waals surface area (Å²) >= 11 is 0. The molecular weight excluding hydrogens is 567 g/mol. The van der Waals surface area contributed by atoms with Crippen LogP contribution < -0.4 is 14.8 Å². The number of rotatable bonds is 7. The van der Waals surface area contributed by atoms with E-state index in [0.29, 0.717) is 49.2 Å². The van der Waals surface area contributed by atoms with E-state index in [-0.39, 0.29) is 35.4 Å². The summed E-state index contributed by atoms with van der Waals surface area (Å²) in [6.45, 7) is 6.37. The lowest BCUT2D eigenvalue weighted by molar-refractivity contribution is -0.136. The van der Waals surface area contributed by atoms with Crippen molar-refractivity contribution < 1.29 is 32.2 Å². The van der Waals surface area contributed by atoms with Gasteiger partial charge in [-0.1, -0.05) is 0 Å². The quantitative estimate of drug-likeness (QED) is 0.418. The third-order valence-electron chi connectivity index (χ3n) is 8.47. The number of amides is 1.